The highest BCUT2D eigenvalue weighted by Gasteiger charge is 2.34. The molecule has 1 aromatic rings. The molecule has 0 aliphatic carbocycles. The molecule has 1 aliphatic rings. The van der Waals surface area contributed by atoms with E-state index in [0.29, 0.717) is 6.54 Å². The first-order valence-electron chi connectivity index (χ1n) is 5.14. The molecule has 84 valence electrons. The standard InChI is InChI=1S/C12H12ClNO2/c1-8-2-4-10(5-3-8)14-7-9(12(13)16)6-11(14)15/h2-5,9H,6-7H2,1H3. The number of aryl methyl sites for hydroxylation is 1. The van der Waals surface area contributed by atoms with E-state index in [1.807, 2.05) is 31.2 Å². The van der Waals surface area contributed by atoms with Gasteiger partial charge in [0.2, 0.25) is 11.1 Å². The zero-order valence-corrected chi connectivity index (χ0v) is 9.70. The van der Waals surface area contributed by atoms with Gasteiger partial charge in [0.05, 0.1) is 5.92 Å². The lowest BCUT2D eigenvalue weighted by atomic mass is 10.1. The Hall–Kier alpha value is -1.35. The second-order valence-electron chi connectivity index (χ2n) is 4.05. The predicted molar refractivity (Wildman–Crippen MR) is 62.5 cm³/mol. The van der Waals surface area contributed by atoms with Gasteiger partial charge in [0.15, 0.2) is 0 Å². The highest BCUT2D eigenvalue weighted by molar-refractivity contribution is 6.64. The Kier molecular flexibility index (Phi) is 2.97. The normalized spacial score (nSPS) is 20.2. The molecule has 4 heteroatoms. The summed E-state index contributed by atoms with van der Waals surface area (Å²) in [6.45, 7) is 2.38. The summed E-state index contributed by atoms with van der Waals surface area (Å²) in [4.78, 5) is 24.3. The van der Waals surface area contributed by atoms with E-state index in [2.05, 4.69) is 0 Å². The van der Waals surface area contributed by atoms with Gasteiger partial charge >= 0.3 is 0 Å². The molecule has 1 saturated heterocycles. The molecule has 0 aromatic heterocycles. The van der Waals surface area contributed by atoms with Crippen LogP contribution in [0.15, 0.2) is 24.3 Å². The summed E-state index contributed by atoms with van der Waals surface area (Å²) in [6.07, 6.45) is 0.218. The van der Waals surface area contributed by atoms with Gasteiger partial charge in [-0.3, -0.25) is 9.59 Å². The van der Waals surface area contributed by atoms with Gasteiger partial charge in [-0.1, -0.05) is 17.7 Å². The molecule has 1 atom stereocenters. The molecule has 0 spiro atoms. The Bertz CT molecular complexity index is 427. The van der Waals surface area contributed by atoms with Crippen LogP contribution >= 0.6 is 11.6 Å². The fraction of sp³-hybridized carbons (Fsp3) is 0.333. The van der Waals surface area contributed by atoms with E-state index in [1.165, 1.54) is 0 Å². The van der Waals surface area contributed by atoms with Crippen molar-refractivity contribution in [2.24, 2.45) is 5.92 Å². The lowest BCUT2D eigenvalue weighted by Crippen LogP contribution is -2.25. The monoisotopic (exact) mass is 237 g/mol. The van der Waals surface area contributed by atoms with Gasteiger partial charge in [0.1, 0.15) is 0 Å². The van der Waals surface area contributed by atoms with E-state index in [0.717, 1.165) is 11.3 Å². The molecule has 1 aromatic carbocycles. The van der Waals surface area contributed by atoms with Gasteiger partial charge < -0.3 is 4.90 Å². The summed E-state index contributed by atoms with van der Waals surface area (Å²) < 4.78 is 0. The molecule has 0 saturated carbocycles. The molecule has 1 fully saturated rings. The maximum Gasteiger partial charge on any atom is 0.227 e. The van der Waals surface area contributed by atoms with Crippen LogP contribution in [0.2, 0.25) is 0 Å². The van der Waals surface area contributed by atoms with Crippen molar-refractivity contribution in [3.05, 3.63) is 29.8 Å². The molecule has 1 amide bonds. The maximum absolute atomic E-state index is 11.7. The number of nitrogens with zero attached hydrogens (tertiary/aromatic N) is 1. The molecule has 1 aliphatic heterocycles. The molecule has 3 nitrogen and oxygen atoms in total. The highest BCUT2D eigenvalue weighted by Crippen LogP contribution is 2.26. The summed E-state index contributed by atoms with van der Waals surface area (Å²) in [7, 11) is 0. The first kappa shape index (κ1) is 11.1. The van der Waals surface area contributed by atoms with Crippen molar-refractivity contribution in [1.29, 1.82) is 0 Å². The molecule has 0 radical (unpaired) electrons. The molecular weight excluding hydrogens is 226 g/mol. The largest absolute Gasteiger partial charge is 0.312 e. The predicted octanol–water partition coefficient (Wildman–Crippen LogP) is 2.11. The number of hydrogen-bond acceptors (Lipinski definition) is 2. The number of anilines is 1. The summed E-state index contributed by atoms with van der Waals surface area (Å²) in [5.41, 5.74) is 1.97. The van der Waals surface area contributed by atoms with Gasteiger partial charge in [-0.2, -0.15) is 0 Å². The third-order valence-electron chi connectivity index (χ3n) is 2.79. The SMILES string of the molecule is Cc1ccc(N2CC(C(=O)Cl)CC2=O)cc1. The third-order valence-corrected chi connectivity index (χ3v) is 3.10. The summed E-state index contributed by atoms with van der Waals surface area (Å²) >= 11 is 5.41. The molecule has 1 heterocycles. The van der Waals surface area contributed by atoms with Gasteiger partial charge in [-0.05, 0) is 30.7 Å². The number of hydrogen-bond donors (Lipinski definition) is 0. The summed E-state index contributed by atoms with van der Waals surface area (Å²) in [5.74, 6) is -0.404. The lowest BCUT2D eigenvalue weighted by molar-refractivity contribution is -0.120. The fourth-order valence-electron chi connectivity index (χ4n) is 1.83. The van der Waals surface area contributed by atoms with Gasteiger partial charge in [0.25, 0.3) is 0 Å². The Balaban J connectivity index is 2.20. The summed E-state index contributed by atoms with van der Waals surface area (Å²) in [6, 6.07) is 7.65. The Morgan fingerprint density at radius 3 is 2.50 bits per heavy atom. The van der Waals surface area contributed by atoms with Crippen LogP contribution in [0.3, 0.4) is 0 Å². The van der Waals surface area contributed by atoms with E-state index in [1.54, 1.807) is 4.90 Å². The Morgan fingerprint density at radius 1 is 1.38 bits per heavy atom. The van der Waals surface area contributed by atoms with Crippen molar-refractivity contribution in [1.82, 2.24) is 0 Å². The maximum atomic E-state index is 11.7. The number of rotatable bonds is 2. The van der Waals surface area contributed by atoms with Crippen LogP contribution in [0, 0.1) is 12.8 Å². The molecular formula is C12H12ClNO2. The van der Waals surface area contributed by atoms with E-state index in [4.69, 9.17) is 11.6 Å². The van der Waals surface area contributed by atoms with Gasteiger partial charge in [-0.25, -0.2) is 0 Å². The molecule has 1 unspecified atom stereocenters. The molecule has 0 N–H and O–H groups in total. The lowest BCUT2D eigenvalue weighted by Gasteiger charge is -2.16. The van der Waals surface area contributed by atoms with Crippen LogP contribution in [-0.4, -0.2) is 17.7 Å². The fourth-order valence-corrected chi connectivity index (χ4v) is 1.98. The van der Waals surface area contributed by atoms with Gasteiger partial charge in [-0.15, -0.1) is 0 Å². The number of benzene rings is 1. The number of halogens is 1. The topological polar surface area (TPSA) is 37.4 Å². The zero-order valence-electron chi connectivity index (χ0n) is 8.94. The minimum Gasteiger partial charge on any atom is -0.312 e. The zero-order chi connectivity index (χ0) is 11.7. The Morgan fingerprint density at radius 2 is 2.00 bits per heavy atom. The van der Waals surface area contributed by atoms with E-state index in [9.17, 15) is 9.59 Å². The van der Waals surface area contributed by atoms with Crippen molar-refractivity contribution in [3.63, 3.8) is 0 Å². The van der Waals surface area contributed by atoms with Crippen molar-refractivity contribution < 1.29 is 9.59 Å². The highest BCUT2D eigenvalue weighted by atomic mass is 35.5. The Labute approximate surface area is 99.0 Å². The second-order valence-corrected chi connectivity index (χ2v) is 4.42. The van der Waals surface area contributed by atoms with Crippen LogP contribution in [0.5, 0.6) is 0 Å². The minimum absolute atomic E-state index is 0.0390. The smallest absolute Gasteiger partial charge is 0.227 e. The van der Waals surface area contributed by atoms with Crippen molar-refractivity contribution in [2.45, 2.75) is 13.3 Å². The quantitative estimate of drug-likeness (QED) is 0.739. The minimum atomic E-state index is -0.428. The van der Waals surface area contributed by atoms with E-state index < -0.39 is 5.24 Å². The average Bonchev–Trinajstić information content (AvgIpc) is 2.62. The first-order valence-corrected chi connectivity index (χ1v) is 5.52. The number of carbonyl (C=O) groups is 2. The molecule has 16 heavy (non-hydrogen) atoms. The number of amides is 1. The first-order chi connectivity index (χ1) is 7.58. The van der Waals surface area contributed by atoms with Crippen molar-refractivity contribution >= 4 is 28.4 Å². The van der Waals surface area contributed by atoms with Crippen LogP contribution in [-0.2, 0) is 9.59 Å². The van der Waals surface area contributed by atoms with E-state index >= 15 is 0 Å². The van der Waals surface area contributed by atoms with Crippen LogP contribution in [0.1, 0.15) is 12.0 Å². The van der Waals surface area contributed by atoms with E-state index in [-0.39, 0.29) is 18.2 Å². The van der Waals surface area contributed by atoms with Crippen LogP contribution < -0.4 is 4.90 Å². The van der Waals surface area contributed by atoms with Gasteiger partial charge in [0, 0.05) is 18.7 Å². The molecule has 2 rings (SSSR count). The van der Waals surface area contributed by atoms with Crippen LogP contribution in [0.25, 0.3) is 0 Å². The van der Waals surface area contributed by atoms with Crippen molar-refractivity contribution in [3.8, 4) is 0 Å². The average molecular weight is 238 g/mol. The number of carbonyl (C=O) groups excluding carboxylic acids is 2. The van der Waals surface area contributed by atoms with Crippen molar-refractivity contribution in [2.75, 3.05) is 11.4 Å². The molecule has 0 bridgehead atoms. The second kappa shape index (κ2) is 4.26. The summed E-state index contributed by atoms with van der Waals surface area (Å²) in [5, 5.41) is -0.428. The van der Waals surface area contributed by atoms with Crippen LogP contribution in [0.4, 0.5) is 5.69 Å². The third kappa shape index (κ3) is 2.09.